The summed E-state index contributed by atoms with van der Waals surface area (Å²) < 4.78 is 38.2. The van der Waals surface area contributed by atoms with Crippen LogP contribution < -0.4 is 10.6 Å². The molecule has 0 aromatic heterocycles. The highest BCUT2D eigenvalue weighted by Crippen LogP contribution is 2.37. The predicted octanol–water partition coefficient (Wildman–Crippen LogP) is 4.55. The topological polar surface area (TPSA) is 39.7 Å². The van der Waals surface area contributed by atoms with Crippen molar-refractivity contribution in [2.24, 2.45) is 10.9 Å². The minimum absolute atomic E-state index is 0. The molecule has 0 radical (unpaired) electrons. The van der Waals surface area contributed by atoms with Crippen molar-refractivity contribution in [2.45, 2.75) is 76.4 Å². The molecule has 1 saturated carbocycles. The maximum atomic E-state index is 12.7. The minimum Gasteiger partial charge on any atom is -0.356 e. The molecule has 1 heterocycles. The van der Waals surface area contributed by atoms with Crippen LogP contribution in [0.15, 0.2) is 4.99 Å². The molecule has 0 aromatic carbocycles. The first kappa shape index (κ1) is 24.8. The molecule has 27 heavy (non-hydrogen) atoms. The summed E-state index contributed by atoms with van der Waals surface area (Å²) in [5, 5.41) is 6.58. The maximum absolute atomic E-state index is 12.7. The second-order valence-corrected chi connectivity index (χ2v) is 7.70. The number of guanidine groups is 1. The number of piperidine rings is 1. The Kier molecular flexibility index (Phi) is 12.0. The number of hydrogen-bond donors (Lipinski definition) is 2. The second kappa shape index (κ2) is 13.1. The number of rotatable bonds is 7. The average molecular weight is 504 g/mol. The van der Waals surface area contributed by atoms with Crippen LogP contribution in [0.5, 0.6) is 0 Å². The summed E-state index contributed by atoms with van der Waals surface area (Å²) in [7, 11) is 1.72. The largest absolute Gasteiger partial charge is 0.391 e. The van der Waals surface area contributed by atoms with Crippen LogP contribution in [-0.4, -0.2) is 56.3 Å². The van der Waals surface area contributed by atoms with Crippen LogP contribution in [0.1, 0.15) is 64.2 Å². The normalized spacial score (nSPS) is 25.0. The molecule has 8 heteroatoms. The van der Waals surface area contributed by atoms with Crippen molar-refractivity contribution in [3.05, 3.63) is 0 Å². The fraction of sp³-hybridized carbons (Fsp3) is 0.947. The van der Waals surface area contributed by atoms with Gasteiger partial charge in [0.05, 0.1) is 5.92 Å². The van der Waals surface area contributed by atoms with Gasteiger partial charge in [0, 0.05) is 19.6 Å². The van der Waals surface area contributed by atoms with Crippen LogP contribution in [0.4, 0.5) is 13.2 Å². The molecule has 0 bridgehead atoms. The van der Waals surface area contributed by atoms with E-state index in [4.69, 9.17) is 0 Å². The van der Waals surface area contributed by atoms with Gasteiger partial charge in [-0.2, -0.15) is 13.2 Å². The van der Waals surface area contributed by atoms with Gasteiger partial charge in [0.2, 0.25) is 0 Å². The van der Waals surface area contributed by atoms with E-state index in [-0.39, 0.29) is 42.9 Å². The van der Waals surface area contributed by atoms with E-state index in [2.05, 4.69) is 20.5 Å². The molecule has 0 atom stereocenters. The molecule has 0 spiro atoms. The number of unbranched alkanes of at least 4 members (excludes halogenated alkanes) is 2. The van der Waals surface area contributed by atoms with Gasteiger partial charge < -0.3 is 15.5 Å². The van der Waals surface area contributed by atoms with Crippen molar-refractivity contribution in [1.29, 1.82) is 0 Å². The standard InChI is InChI=1S/C19H35F3N4.HI/c1-23-18(25-17-10-8-16(9-11-17)19(20,21)22)24-12-4-2-5-13-26-14-6-3-7-15-26;/h16-17H,2-15H2,1H3,(H2,23,24,25);1H. The predicted molar refractivity (Wildman–Crippen MR) is 116 cm³/mol. The molecule has 2 N–H and O–H groups in total. The lowest BCUT2D eigenvalue weighted by Gasteiger charge is -2.31. The molecule has 0 aromatic rings. The molecule has 1 aliphatic carbocycles. The zero-order valence-corrected chi connectivity index (χ0v) is 18.8. The Morgan fingerprint density at radius 2 is 1.67 bits per heavy atom. The highest BCUT2D eigenvalue weighted by Gasteiger charge is 2.41. The molecule has 160 valence electrons. The van der Waals surface area contributed by atoms with Crippen molar-refractivity contribution >= 4 is 29.9 Å². The molecular formula is C19H36F3IN4. The number of halogens is 4. The van der Waals surface area contributed by atoms with Crippen LogP contribution in [0.3, 0.4) is 0 Å². The van der Waals surface area contributed by atoms with Gasteiger partial charge in [-0.1, -0.05) is 12.8 Å². The van der Waals surface area contributed by atoms with E-state index < -0.39 is 12.1 Å². The van der Waals surface area contributed by atoms with Crippen LogP contribution in [0.2, 0.25) is 0 Å². The Labute approximate surface area is 179 Å². The summed E-state index contributed by atoms with van der Waals surface area (Å²) in [5.41, 5.74) is 0. The van der Waals surface area contributed by atoms with Crippen LogP contribution in [0.25, 0.3) is 0 Å². The number of aliphatic imine (C=N–C) groups is 1. The summed E-state index contributed by atoms with van der Waals surface area (Å²) in [6.07, 6.45) is 5.08. The number of nitrogens with zero attached hydrogens (tertiary/aromatic N) is 2. The highest BCUT2D eigenvalue weighted by molar-refractivity contribution is 14.0. The van der Waals surface area contributed by atoms with Gasteiger partial charge in [0.25, 0.3) is 0 Å². The van der Waals surface area contributed by atoms with Crippen LogP contribution in [-0.2, 0) is 0 Å². The zero-order chi connectivity index (χ0) is 18.8. The summed E-state index contributed by atoms with van der Waals surface area (Å²) in [5.74, 6) is -0.410. The molecule has 0 unspecified atom stereocenters. The van der Waals surface area contributed by atoms with E-state index in [0.717, 1.165) is 18.9 Å². The number of hydrogen-bond acceptors (Lipinski definition) is 2. The van der Waals surface area contributed by atoms with Crippen molar-refractivity contribution in [3.63, 3.8) is 0 Å². The van der Waals surface area contributed by atoms with Gasteiger partial charge in [-0.3, -0.25) is 4.99 Å². The lowest BCUT2D eigenvalue weighted by molar-refractivity contribution is -0.182. The molecular weight excluding hydrogens is 468 g/mol. The third-order valence-corrected chi connectivity index (χ3v) is 5.65. The first-order chi connectivity index (χ1) is 12.5. The molecule has 1 saturated heterocycles. The Bertz CT molecular complexity index is 418. The van der Waals surface area contributed by atoms with Gasteiger partial charge in [-0.25, -0.2) is 0 Å². The quantitative estimate of drug-likeness (QED) is 0.232. The number of alkyl halides is 3. The zero-order valence-electron chi connectivity index (χ0n) is 16.5. The Hall–Kier alpha value is -0.250. The number of nitrogens with one attached hydrogen (secondary N) is 2. The Morgan fingerprint density at radius 1 is 1.00 bits per heavy atom. The van der Waals surface area contributed by atoms with E-state index in [0.29, 0.717) is 12.8 Å². The molecule has 2 aliphatic rings. The third-order valence-electron chi connectivity index (χ3n) is 5.65. The number of likely N-dealkylation sites (tertiary alicyclic amines) is 1. The SMILES string of the molecule is CN=C(NCCCCCN1CCCCC1)NC1CCC(C(F)(F)F)CC1.I. The smallest absolute Gasteiger partial charge is 0.356 e. The van der Waals surface area contributed by atoms with Gasteiger partial charge in [-0.05, 0) is 71.0 Å². The third kappa shape index (κ3) is 9.67. The maximum Gasteiger partial charge on any atom is 0.391 e. The summed E-state index contributed by atoms with van der Waals surface area (Å²) in [6, 6.07) is 0.0962. The lowest BCUT2D eigenvalue weighted by atomic mass is 9.85. The molecule has 1 aliphatic heterocycles. The summed E-state index contributed by atoms with van der Waals surface area (Å²) in [4.78, 5) is 6.77. The first-order valence-corrected chi connectivity index (χ1v) is 10.3. The van der Waals surface area contributed by atoms with Gasteiger partial charge in [-0.15, -0.1) is 24.0 Å². The summed E-state index contributed by atoms with van der Waals surface area (Å²) >= 11 is 0. The van der Waals surface area contributed by atoms with Crippen LogP contribution in [0, 0.1) is 5.92 Å². The van der Waals surface area contributed by atoms with Crippen LogP contribution >= 0.6 is 24.0 Å². The highest BCUT2D eigenvalue weighted by atomic mass is 127. The van der Waals surface area contributed by atoms with E-state index in [1.54, 1.807) is 7.05 Å². The van der Waals surface area contributed by atoms with E-state index in [1.165, 1.54) is 51.7 Å². The van der Waals surface area contributed by atoms with Gasteiger partial charge in [0.15, 0.2) is 5.96 Å². The minimum atomic E-state index is -4.04. The van der Waals surface area contributed by atoms with E-state index in [1.807, 2.05) is 0 Å². The van der Waals surface area contributed by atoms with E-state index in [9.17, 15) is 13.2 Å². The van der Waals surface area contributed by atoms with Crippen molar-refractivity contribution in [1.82, 2.24) is 15.5 Å². The van der Waals surface area contributed by atoms with Crippen molar-refractivity contribution in [2.75, 3.05) is 33.2 Å². The summed E-state index contributed by atoms with van der Waals surface area (Å²) in [6.45, 7) is 4.57. The molecule has 4 nitrogen and oxygen atoms in total. The average Bonchev–Trinajstić information content (AvgIpc) is 2.64. The molecule has 2 rings (SSSR count). The van der Waals surface area contributed by atoms with Gasteiger partial charge >= 0.3 is 6.18 Å². The van der Waals surface area contributed by atoms with Gasteiger partial charge in [0.1, 0.15) is 0 Å². The monoisotopic (exact) mass is 504 g/mol. The van der Waals surface area contributed by atoms with E-state index >= 15 is 0 Å². The fourth-order valence-electron chi connectivity index (χ4n) is 3.98. The fourth-order valence-corrected chi connectivity index (χ4v) is 3.98. The molecule has 0 amide bonds. The van der Waals surface area contributed by atoms with Crippen molar-refractivity contribution in [3.8, 4) is 0 Å². The Morgan fingerprint density at radius 3 is 2.26 bits per heavy atom. The second-order valence-electron chi connectivity index (χ2n) is 7.70. The Balaban J connectivity index is 0.00000364. The lowest BCUT2D eigenvalue weighted by Crippen LogP contribution is -2.46. The molecule has 2 fully saturated rings. The van der Waals surface area contributed by atoms with Crippen molar-refractivity contribution < 1.29 is 13.2 Å². The first-order valence-electron chi connectivity index (χ1n) is 10.3.